The van der Waals surface area contributed by atoms with Crippen molar-refractivity contribution in [1.29, 1.82) is 0 Å². The lowest BCUT2D eigenvalue weighted by Crippen LogP contribution is -2.53. The van der Waals surface area contributed by atoms with Crippen LogP contribution in [0.15, 0.2) is 12.3 Å². The SMILES string of the molecule is CC/C=c1\[nH]cc\c1=C(\CCCC)N(C)C1CC(NS(=O)(=O)CC(C)C)C1. The second-order valence-corrected chi connectivity index (χ2v) is 9.99. The summed E-state index contributed by atoms with van der Waals surface area (Å²) in [4.78, 5) is 5.74. The molecule has 0 atom stereocenters. The highest BCUT2D eigenvalue weighted by molar-refractivity contribution is 7.89. The number of hydrogen-bond acceptors (Lipinski definition) is 3. The van der Waals surface area contributed by atoms with E-state index in [0.29, 0.717) is 6.04 Å². The molecule has 0 amide bonds. The zero-order chi connectivity index (χ0) is 20.0. The number of H-pyrrole nitrogens is 1. The average molecular weight is 396 g/mol. The van der Waals surface area contributed by atoms with Crippen LogP contribution >= 0.6 is 0 Å². The summed E-state index contributed by atoms with van der Waals surface area (Å²) in [6.07, 6.45) is 10.4. The molecule has 2 N–H and O–H groups in total. The molecule has 0 radical (unpaired) electrons. The van der Waals surface area contributed by atoms with Crippen molar-refractivity contribution in [2.24, 2.45) is 5.92 Å². The van der Waals surface area contributed by atoms with Crippen molar-refractivity contribution < 1.29 is 8.42 Å². The Balaban J connectivity index is 2.12. The van der Waals surface area contributed by atoms with Gasteiger partial charge in [0.2, 0.25) is 10.0 Å². The number of rotatable bonds is 10. The van der Waals surface area contributed by atoms with Gasteiger partial charge < -0.3 is 9.88 Å². The predicted octanol–water partition coefficient (Wildman–Crippen LogP) is 2.54. The highest BCUT2D eigenvalue weighted by Gasteiger charge is 2.35. The van der Waals surface area contributed by atoms with Crippen LogP contribution in [-0.2, 0) is 10.0 Å². The van der Waals surface area contributed by atoms with Gasteiger partial charge in [0.15, 0.2) is 0 Å². The van der Waals surface area contributed by atoms with Gasteiger partial charge in [0.25, 0.3) is 0 Å². The first kappa shape index (κ1) is 22.0. The molecule has 0 aliphatic heterocycles. The van der Waals surface area contributed by atoms with Crippen molar-refractivity contribution in [3.63, 3.8) is 0 Å². The molecular weight excluding hydrogens is 358 g/mol. The molecule has 0 bridgehead atoms. The molecule has 6 heteroatoms. The fourth-order valence-corrected chi connectivity index (χ4v) is 5.49. The maximum atomic E-state index is 12.2. The number of nitrogens with one attached hydrogen (secondary N) is 2. The summed E-state index contributed by atoms with van der Waals surface area (Å²) in [6.45, 7) is 8.25. The molecule has 0 unspecified atom stereocenters. The van der Waals surface area contributed by atoms with Gasteiger partial charge in [0.1, 0.15) is 0 Å². The molecule has 154 valence electrons. The molecule has 1 aromatic heterocycles. The van der Waals surface area contributed by atoms with E-state index in [2.05, 4.69) is 47.6 Å². The molecule has 0 spiro atoms. The normalized spacial score (nSPS) is 22.1. The standard InChI is InChI=1S/C21H37N3O2S/c1-6-8-10-21(19-11-12-22-20(19)9-7-2)24(5)18-13-17(14-18)23-27(25,26)15-16(3)4/h9,11-12,16-18,22-23H,6-8,10,13-15H2,1-5H3/b20-9-,21-19+. The van der Waals surface area contributed by atoms with E-state index in [9.17, 15) is 8.42 Å². The predicted molar refractivity (Wildman–Crippen MR) is 114 cm³/mol. The molecule has 1 heterocycles. The minimum atomic E-state index is -3.17. The van der Waals surface area contributed by atoms with Crippen LogP contribution in [0.1, 0.15) is 66.2 Å². The van der Waals surface area contributed by atoms with Crippen LogP contribution in [-0.4, -0.2) is 43.2 Å². The van der Waals surface area contributed by atoms with Gasteiger partial charge in [-0.15, -0.1) is 0 Å². The molecule has 1 saturated carbocycles. The number of sulfonamides is 1. The monoisotopic (exact) mass is 395 g/mol. The molecule has 1 fully saturated rings. The topological polar surface area (TPSA) is 65.2 Å². The number of nitrogens with zero attached hydrogens (tertiary/aromatic N) is 1. The van der Waals surface area contributed by atoms with Crippen molar-refractivity contribution in [3.05, 3.63) is 22.8 Å². The zero-order valence-electron chi connectivity index (χ0n) is 17.6. The highest BCUT2D eigenvalue weighted by Crippen LogP contribution is 2.29. The third kappa shape index (κ3) is 6.11. The van der Waals surface area contributed by atoms with Gasteiger partial charge in [-0.1, -0.05) is 40.2 Å². The Kier molecular flexibility index (Phi) is 7.98. The Hall–Kier alpha value is -1.27. The van der Waals surface area contributed by atoms with Crippen LogP contribution in [0.5, 0.6) is 0 Å². The third-order valence-corrected chi connectivity index (χ3v) is 7.05. The average Bonchev–Trinajstić information content (AvgIpc) is 2.98. The summed E-state index contributed by atoms with van der Waals surface area (Å²) < 4.78 is 27.2. The molecule has 2 rings (SSSR count). The molecule has 5 nitrogen and oxygen atoms in total. The molecule has 0 saturated heterocycles. The third-order valence-electron chi connectivity index (χ3n) is 5.25. The van der Waals surface area contributed by atoms with Gasteiger partial charge in [-0.2, -0.15) is 0 Å². The van der Waals surface area contributed by atoms with Crippen molar-refractivity contribution in [3.8, 4) is 0 Å². The van der Waals surface area contributed by atoms with Crippen molar-refractivity contribution >= 4 is 21.8 Å². The smallest absolute Gasteiger partial charge is 0.212 e. The second-order valence-electron chi connectivity index (χ2n) is 8.19. The molecule has 1 aliphatic carbocycles. The maximum Gasteiger partial charge on any atom is 0.212 e. The van der Waals surface area contributed by atoms with Gasteiger partial charge in [0, 0.05) is 41.6 Å². The number of unbranched alkanes of at least 4 members (excludes halogenated alkanes) is 1. The van der Waals surface area contributed by atoms with Crippen LogP contribution < -0.4 is 15.3 Å². The fourth-order valence-electron chi connectivity index (χ4n) is 3.81. The minimum absolute atomic E-state index is 0.0709. The van der Waals surface area contributed by atoms with Gasteiger partial charge in [-0.3, -0.25) is 0 Å². The fraction of sp³-hybridized carbons (Fsp3) is 0.714. The summed E-state index contributed by atoms with van der Waals surface area (Å²) in [5.74, 6) is 0.356. The van der Waals surface area contributed by atoms with E-state index in [1.807, 2.05) is 20.0 Å². The molecule has 1 aromatic rings. The van der Waals surface area contributed by atoms with Crippen LogP contribution in [0.4, 0.5) is 0 Å². The van der Waals surface area contributed by atoms with E-state index >= 15 is 0 Å². The van der Waals surface area contributed by atoms with Crippen molar-refractivity contribution in [1.82, 2.24) is 14.6 Å². The summed E-state index contributed by atoms with van der Waals surface area (Å²) in [6, 6.07) is 2.64. The van der Waals surface area contributed by atoms with Crippen molar-refractivity contribution in [2.45, 2.75) is 78.3 Å². The van der Waals surface area contributed by atoms with Crippen LogP contribution in [0.2, 0.25) is 0 Å². The number of aromatic amines is 1. The first-order valence-electron chi connectivity index (χ1n) is 10.4. The molecule has 0 aromatic carbocycles. The summed E-state index contributed by atoms with van der Waals surface area (Å²) in [5, 5.41) is 2.49. The first-order chi connectivity index (χ1) is 12.8. The Bertz CT molecular complexity index is 805. The minimum Gasteiger partial charge on any atom is -0.374 e. The molecule has 27 heavy (non-hydrogen) atoms. The Morgan fingerprint density at radius 1 is 1.37 bits per heavy atom. The van der Waals surface area contributed by atoms with E-state index < -0.39 is 10.0 Å². The van der Waals surface area contributed by atoms with E-state index in [1.54, 1.807) is 0 Å². The number of hydrogen-bond donors (Lipinski definition) is 2. The maximum absolute atomic E-state index is 12.2. The quantitative estimate of drug-likeness (QED) is 0.640. The van der Waals surface area contributed by atoms with Gasteiger partial charge >= 0.3 is 0 Å². The Morgan fingerprint density at radius 2 is 2.07 bits per heavy atom. The summed E-state index contributed by atoms with van der Waals surface area (Å²) >= 11 is 0. The summed E-state index contributed by atoms with van der Waals surface area (Å²) in [7, 11) is -1.00. The Morgan fingerprint density at radius 3 is 2.67 bits per heavy atom. The van der Waals surface area contributed by atoms with Crippen molar-refractivity contribution in [2.75, 3.05) is 12.8 Å². The highest BCUT2D eigenvalue weighted by atomic mass is 32.2. The van der Waals surface area contributed by atoms with Crippen LogP contribution in [0.25, 0.3) is 11.8 Å². The number of aromatic nitrogens is 1. The lowest BCUT2D eigenvalue weighted by molar-refractivity contribution is 0.183. The van der Waals surface area contributed by atoms with E-state index in [-0.39, 0.29) is 17.7 Å². The van der Waals surface area contributed by atoms with Crippen LogP contribution in [0, 0.1) is 5.92 Å². The van der Waals surface area contributed by atoms with Gasteiger partial charge in [0.05, 0.1) is 5.75 Å². The zero-order valence-corrected chi connectivity index (χ0v) is 18.4. The lowest BCUT2D eigenvalue weighted by Gasteiger charge is -2.43. The van der Waals surface area contributed by atoms with Crippen LogP contribution in [0.3, 0.4) is 0 Å². The van der Waals surface area contributed by atoms with Gasteiger partial charge in [-0.05, 0) is 44.1 Å². The Labute approximate surface area is 165 Å². The molecule has 1 aliphatic rings. The summed E-state index contributed by atoms with van der Waals surface area (Å²) in [5.41, 5.74) is 1.37. The largest absolute Gasteiger partial charge is 0.374 e. The molecular formula is C21H37N3O2S. The first-order valence-corrected chi connectivity index (χ1v) is 12.0. The van der Waals surface area contributed by atoms with E-state index in [4.69, 9.17) is 0 Å². The second kappa shape index (κ2) is 9.78. The van der Waals surface area contributed by atoms with E-state index in [0.717, 1.165) is 38.5 Å². The lowest BCUT2D eigenvalue weighted by atomic mass is 9.86. The van der Waals surface area contributed by atoms with Gasteiger partial charge in [-0.25, -0.2) is 13.1 Å². The van der Waals surface area contributed by atoms with E-state index in [1.165, 1.54) is 16.3 Å².